The maximum Gasteiger partial charge on any atom is 0.274 e. The summed E-state index contributed by atoms with van der Waals surface area (Å²) in [6.45, 7) is 7.01. The molecule has 3 rings (SSSR count). The highest BCUT2D eigenvalue weighted by Gasteiger charge is 2.24. The Morgan fingerprint density at radius 1 is 1.19 bits per heavy atom. The average Bonchev–Trinajstić information content (AvgIpc) is 2.72. The first kappa shape index (κ1) is 17.7. The Morgan fingerprint density at radius 3 is 2.62 bits per heavy atom. The summed E-state index contributed by atoms with van der Waals surface area (Å²) >= 11 is 0. The van der Waals surface area contributed by atoms with Crippen LogP contribution in [0.3, 0.4) is 0 Å². The molecule has 1 fully saturated rings. The van der Waals surface area contributed by atoms with Crippen LogP contribution in [-0.4, -0.2) is 60.8 Å². The van der Waals surface area contributed by atoms with E-state index in [0.717, 1.165) is 24.5 Å². The molecule has 1 amide bonds. The lowest BCUT2D eigenvalue weighted by Gasteiger charge is -2.36. The van der Waals surface area contributed by atoms with Gasteiger partial charge in [0.15, 0.2) is 5.69 Å². The Balaban J connectivity index is 1.60. The van der Waals surface area contributed by atoms with Gasteiger partial charge in [-0.2, -0.15) is 0 Å². The zero-order chi connectivity index (χ0) is 18.4. The van der Waals surface area contributed by atoms with Gasteiger partial charge < -0.3 is 19.9 Å². The zero-order valence-electron chi connectivity index (χ0n) is 14.9. The van der Waals surface area contributed by atoms with Crippen molar-refractivity contribution >= 4 is 17.4 Å². The Bertz CT molecular complexity index is 755. The number of hydrogen-bond acceptors (Lipinski definition) is 6. The molecule has 2 heterocycles. The van der Waals surface area contributed by atoms with E-state index in [0.29, 0.717) is 31.1 Å². The van der Waals surface area contributed by atoms with Crippen molar-refractivity contribution < 1.29 is 9.53 Å². The van der Waals surface area contributed by atoms with Crippen molar-refractivity contribution in [1.29, 1.82) is 0 Å². The number of hydrogen-bond donors (Lipinski definition) is 1. The summed E-state index contributed by atoms with van der Waals surface area (Å²) in [4.78, 5) is 16.7. The van der Waals surface area contributed by atoms with Gasteiger partial charge in [-0.25, -0.2) is 0 Å². The molecule has 1 aliphatic heterocycles. The van der Waals surface area contributed by atoms with E-state index < -0.39 is 0 Å². The largest absolute Gasteiger partial charge is 0.495 e. The second kappa shape index (κ2) is 8.33. The lowest BCUT2D eigenvalue weighted by atomic mass is 10.2. The molecule has 0 aliphatic carbocycles. The summed E-state index contributed by atoms with van der Waals surface area (Å²) in [5.74, 6) is 1.38. The van der Waals surface area contributed by atoms with Crippen LogP contribution in [0.25, 0.3) is 0 Å². The molecule has 0 spiro atoms. The summed E-state index contributed by atoms with van der Waals surface area (Å²) in [5.41, 5.74) is 1.42. The molecule has 0 unspecified atom stereocenters. The molecule has 1 aromatic heterocycles. The Hall–Kier alpha value is -3.09. The van der Waals surface area contributed by atoms with Gasteiger partial charge in [0.2, 0.25) is 0 Å². The number of carbonyl (C=O) groups excluding carboxylic acids is 1. The van der Waals surface area contributed by atoms with Crippen molar-refractivity contribution in [3.8, 4) is 5.75 Å². The number of benzene rings is 1. The lowest BCUT2D eigenvalue weighted by molar-refractivity contribution is 0.0739. The second-order valence-corrected chi connectivity index (χ2v) is 5.92. The zero-order valence-corrected chi connectivity index (χ0v) is 14.9. The smallest absolute Gasteiger partial charge is 0.274 e. The van der Waals surface area contributed by atoms with Crippen molar-refractivity contribution in [2.75, 3.05) is 50.1 Å². The fourth-order valence-corrected chi connectivity index (χ4v) is 2.92. The minimum Gasteiger partial charge on any atom is -0.495 e. The predicted molar refractivity (Wildman–Crippen MR) is 102 cm³/mol. The van der Waals surface area contributed by atoms with Crippen LogP contribution in [0.4, 0.5) is 11.5 Å². The normalized spacial score (nSPS) is 14.0. The van der Waals surface area contributed by atoms with Crippen LogP contribution in [0.1, 0.15) is 10.5 Å². The van der Waals surface area contributed by atoms with Gasteiger partial charge in [0.25, 0.3) is 5.91 Å². The second-order valence-electron chi connectivity index (χ2n) is 5.92. The van der Waals surface area contributed by atoms with Gasteiger partial charge in [-0.1, -0.05) is 18.2 Å². The number of methoxy groups -OCH3 is 1. The molecular formula is C19H23N5O2. The highest BCUT2D eigenvalue weighted by Crippen LogP contribution is 2.28. The van der Waals surface area contributed by atoms with Crippen LogP contribution >= 0.6 is 0 Å². The van der Waals surface area contributed by atoms with E-state index in [1.165, 1.54) is 0 Å². The van der Waals surface area contributed by atoms with Gasteiger partial charge in [0, 0.05) is 32.7 Å². The molecule has 1 aliphatic rings. The average molecular weight is 353 g/mol. The van der Waals surface area contributed by atoms with Crippen LogP contribution in [0, 0.1) is 0 Å². The number of anilines is 2. The molecule has 7 nitrogen and oxygen atoms in total. The summed E-state index contributed by atoms with van der Waals surface area (Å²) in [7, 11) is 1.67. The minimum atomic E-state index is -0.0903. The Kier molecular flexibility index (Phi) is 5.68. The van der Waals surface area contributed by atoms with Crippen molar-refractivity contribution in [1.82, 2.24) is 15.1 Å². The van der Waals surface area contributed by atoms with Gasteiger partial charge in [-0.3, -0.25) is 4.79 Å². The number of amides is 1. The molecule has 136 valence electrons. The van der Waals surface area contributed by atoms with Crippen molar-refractivity contribution in [3.63, 3.8) is 0 Å². The molecule has 7 heteroatoms. The molecule has 0 bridgehead atoms. The Morgan fingerprint density at radius 2 is 1.96 bits per heavy atom. The summed E-state index contributed by atoms with van der Waals surface area (Å²) in [6, 6.07) is 11.4. The van der Waals surface area contributed by atoms with Crippen LogP contribution in [0.15, 0.2) is 49.1 Å². The molecule has 0 atom stereocenters. The van der Waals surface area contributed by atoms with Crippen molar-refractivity contribution in [2.45, 2.75) is 0 Å². The molecule has 0 saturated carbocycles. The molecule has 2 aromatic rings. The topological polar surface area (TPSA) is 70.6 Å². The van der Waals surface area contributed by atoms with Crippen molar-refractivity contribution in [3.05, 3.63) is 54.7 Å². The fraction of sp³-hybridized carbons (Fsp3) is 0.316. The summed E-state index contributed by atoms with van der Waals surface area (Å²) in [5, 5.41) is 11.1. The van der Waals surface area contributed by atoms with Crippen LogP contribution in [-0.2, 0) is 0 Å². The number of aromatic nitrogens is 2. The van der Waals surface area contributed by atoms with E-state index in [-0.39, 0.29) is 5.91 Å². The first-order valence-corrected chi connectivity index (χ1v) is 8.58. The van der Waals surface area contributed by atoms with E-state index in [1.54, 1.807) is 25.3 Å². The summed E-state index contributed by atoms with van der Waals surface area (Å²) < 4.78 is 5.43. The minimum absolute atomic E-state index is 0.0903. The number of nitrogens with zero attached hydrogens (tertiary/aromatic N) is 4. The van der Waals surface area contributed by atoms with E-state index >= 15 is 0 Å². The third-order valence-electron chi connectivity index (χ3n) is 4.30. The number of piperazine rings is 1. The molecule has 1 N–H and O–H groups in total. The fourth-order valence-electron chi connectivity index (χ4n) is 2.92. The molecule has 0 radical (unpaired) electrons. The van der Waals surface area contributed by atoms with Crippen molar-refractivity contribution in [2.24, 2.45) is 0 Å². The van der Waals surface area contributed by atoms with Crippen LogP contribution in [0.5, 0.6) is 5.75 Å². The lowest BCUT2D eigenvalue weighted by Crippen LogP contribution is -2.49. The van der Waals surface area contributed by atoms with Gasteiger partial charge in [0.1, 0.15) is 11.6 Å². The molecular weight excluding hydrogens is 330 g/mol. The number of nitrogens with one attached hydrogen (secondary N) is 1. The third-order valence-corrected chi connectivity index (χ3v) is 4.30. The SMILES string of the molecule is C=CCNc1ccc(C(=O)N2CCN(c3ccccc3OC)CC2)nn1. The highest BCUT2D eigenvalue weighted by atomic mass is 16.5. The van der Waals surface area contributed by atoms with Crippen LogP contribution < -0.4 is 15.0 Å². The molecule has 1 saturated heterocycles. The molecule has 26 heavy (non-hydrogen) atoms. The Labute approximate surface area is 153 Å². The third kappa shape index (κ3) is 3.93. The number of ether oxygens (including phenoxy) is 1. The van der Waals surface area contributed by atoms with E-state index in [4.69, 9.17) is 4.74 Å². The monoisotopic (exact) mass is 353 g/mol. The summed E-state index contributed by atoms with van der Waals surface area (Å²) in [6.07, 6.45) is 1.74. The van der Waals surface area contributed by atoms with E-state index in [1.807, 2.05) is 29.2 Å². The van der Waals surface area contributed by atoms with Gasteiger partial charge in [0.05, 0.1) is 12.8 Å². The van der Waals surface area contributed by atoms with Gasteiger partial charge in [-0.15, -0.1) is 16.8 Å². The standard InChI is InChI=1S/C19H23N5O2/c1-3-10-20-18-9-8-15(21-22-18)19(25)24-13-11-23(12-14-24)16-6-4-5-7-17(16)26-2/h3-9H,1,10-14H2,2H3,(H,20,22). The van der Waals surface area contributed by atoms with Crippen LogP contribution in [0.2, 0.25) is 0 Å². The maximum absolute atomic E-state index is 12.6. The number of carbonyl (C=O) groups is 1. The molecule has 1 aromatic carbocycles. The van der Waals surface area contributed by atoms with Gasteiger partial charge in [-0.05, 0) is 24.3 Å². The first-order chi connectivity index (χ1) is 12.7. The van der Waals surface area contributed by atoms with Gasteiger partial charge >= 0.3 is 0 Å². The van der Waals surface area contributed by atoms with E-state index in [2.05, 4.69) is 27.0 Å². The first-order valence-electron chi connectivity index (χ1n) is 8.58. The number of rotatable bonds is 6. The highest BCUT2D eigenvalue weighted by molar-refractivity contribution is 5.92. The number of para-hydroxylation sites is 2. The quantitative estimate of drug-likeness (QED) is 0.802. The maximum atomic E-state index is 12.6. The predicted octanol–water partition coefficient (Wildman–Crippen LogP) is 2.05. The van der Waals surface area contributed by atoms with E-state index in [9.17, 15) is 4.79 Å².